The molecule has 3 rings (SSSR count). The van der Waals surface area contributed by atoms with Gasteiger partial charge in [0.1, 0.15) is 0 Å². The molecule has 3 nitrogen and oxygen atoms in total. The fraction of sp³-hybridized carbons (Fsp3) is 0.316. The number of carbonyl (C=O) groups is 1. The van der Waals surface area contributed by atoms with E-state index in [9.17, 15) is 4.79 Å². The lowest BCUT2D eigenvalue weighted by atomic mass is 10.0. The molecule has 5 heteroatoms. The van der Waals surface area contributed by atoms with Crippen LogP contribution in [-0.2, 0) is 0 Å². The fourth-order valence-corrected chi connectivity index (χ4v) is 4.05. The van der Waals surface area contributed by atoms with Gasteiger partial charge < -0.3 is 5.32 Å². The number of carbonyl (C=O) groups excluding carboxylic acids is 1. The van der Waals surface area contributed by atoms with E-state index >= 15 is 0 Å². The Morgan fingerprint density at radius 1 is 1.08 bits per heavy atom. The van der Waals surface area contributed by atoms with Gasteiger partial charge in [0.25, 0.3) is 0 Å². The number of nitrogens with one attached hydrogen (secondary N) is 1. The Bertz CT molecular complexity index is 731. The van der Waals surface area contributed by atoms with Gasteiger partial charge in [0.2, 0.25) is 0 Å². The molecular formula is C19H23ClN2OS. The van der Waals surface area contributed by atoms with Crippen molar-refractivity contribution in [3.63, 3.8) is 0 Å². The molecule has 0 spiro atoms. The molecule has 1 unspecified atom stereocenters. The summed E-state index contributed by atoms with van der Waals surface area (Å²) in [6.45, 7) is 7.95. The van der Waals surface area contributed by atoms with E-state index in [2.05, 4.69) is 42.3 Å². The van der Waals surface area contributed by atoms with Crippen molar-refractivity contribution in [1.29, 1.82) is 0 Å². The van der Waals surface area contributed by atoms with Crippen LogP contribution in [-0.4, -0.2) is 29.8 Å². The normalized spacial score (nSPS) is 13.3. The van der Waals surface area contributed by atoms with E-state index in [4.69, 9.17) is 0 Å². The first-order valence-corrected chi connectivity index (χ1v) is 8.92. The summed E-state index contributed by atoms with van der Waals surface area (Å²) in [5.41, 5.74) is 2.80. The maximum absolute atomic E-state index is 13.0. The van der Waals surface area contributed by atoms with Gasteiger partial charge in [-0.15, -0.1) is 12.4 Å². The van der Waals surface area contributed by atoms with Crippen LogP contribution in [0.15, 0.2) is 52.3 Å². The van der Waals surface area contributed by atoms with E-state index in [1.807, 2.05) is 31.2 Å². The van der Waals surface area contributed by atoms with E-state index in [0.717, 1.165) is 34.9 Å². The minimum atomic E-state index is -0.111. The first-order valence-electron chi connectivity index (χ1n) is 8.10. The second-order valence-electron chi connectivity index (χ2n) is 5.66. The summed E-state index contributed by atoms with van der Waals surface area (Å²) in [5.74, 6) is 0.179. The van der Waals surface area contributed by atoms with Gasteiger partial charge >= 0.3 is 0 Å². The van der Waals surface area contributed by atoms with E-state index in [1.54, 1.807) is 11.8 Å². The first kappa shape index (κ1) is 18.8. The third kappa shape index (κ3) is 3.46. The molecule has 0 fully saturated rings. The van der Waals surface area contributed by atoms with Crippen LogP contribution in [0.2, 0.25) is 0 Å². The van der Waals surface area contributed by atoms with Crippen LogP contribution >= 0.6 is 24.2 Å². The SMILES string of the molecule is CCN(CC)C(C)C(=O)c1cccc2c1Nc1ccccc1S2.Cl. The molecule has 1 aliphatic heterocycles. The Labute approximate surface area is 154 Å². The molecule has 2 aromatic carbocycles. The van der Waals surface area contributed by atoms with E-state index in [0.29, 0.717) is 0 Å². The zero-order valence-corrected chi connectivity index (χ0v) is 15.8. The Morgan fingerprint density at radius 3 is 2.46 bits per heavy atom. The number of benzene rings is 2. The smallest absolute Gasteiger partial charge is 0.181 e. The molecule has 1 aliphatic rings. The lowest BCUT2D eigenvalue weighted by Gasteiger charge is -2.28. The van der Waals surface area contributed by atoms with Gasteiger partial charge in [0.05, 0.1) is 17.4 Å². The zero-order chi connectivity index (χ0) is 16.4. The van der Waals surface area contributed by atoms with Gasteiger partial charge in [-0.25, -0.2) is 0 Å². The average molecular weight is 363 g/mol. The van der Waals surface area contributed by atoms with Crippen LogP contribution in [0.5, 0.6) is 0 Å². The van der Waals surface area contributed by atoms with E-state index in [1.165, 1.54) is 4.90 Å². The lowest BCUT2D eigenvalue weighted by molar-refractivity contribution is 0.0852. The van der Waals surface area contributed by atoms with Crippen LogP contribution in [0.1, 0.15) is 31.1 Å². The molecule has 1 heterocycles. The Morgan fingerprint density at radius 2 is 1.75 bits per heavy atom. The number of likely N-dealkylation sites (N-methyl/N-ethyl adjacent to an activating group) is 1. The molecule has 0 aliphatic carbocycles. The maximum atomic E-state index is 13.0. The van der Waals surface area contributed by atoms with Crippen molar-refractivity contribution in [3.8, 4) is 0 Å². The highest BCUT2D eigenvalue weighted by Crippen LogP contribution is 2.45. The molecule has 128 valence electrons. The summed E-state index contributed by atoms with van der Waals surface area (Å²) >= 11 is 1.72. The second-order valence-corrected chi connectivity index (χ2v) is 6.75. The van der Waals surface area contributed by atoms with E-state index < -0.39 is 0 Å². The van der Waals surface area contributed by atoms with Crippen molar-refractivity contribution in [3.05, 3.63) is 48.0 Å². The number of anilines is 2. The van der Waals surface area contributed by atoms with Crippen LogP contribution in [0.3, 0.4) is 0 Å². The second kappa shape index (κ2) is 8.06. The van der Waals surface area contributed by atoms with Crippen molar-refractivity contribution < 1.29 is 4.79 Å². The highest BCUT2D eigenvalue weighted by Gasteiger charge is 2.26. The molecule has 0 amide bonds. The van der Waals surface area contributed by atoms with Crippen molar-refractivity contribution in [2.75, 3.05) is 18.4 Å². The van der Waals surface area contributed by atoms with Crippen LogP contribution < -0.4 is 5.32 Å². The van der Waals surface area contributed by atoms with Crippen molar-refractivity contribution in [1.82, 2.24) is 4.90 Å². The number of rotatable bonds is 5. The van der Waals surface area contributed by atoms with Gasteiger partial charge in [0.15, 0.2) is 5.78 Å². The third-order valence-corrected chi connectivity index (χ3v) is 5.53. The quantitative estimate of drug-likeness (QED) is 0.630. The number of hydrogen-bond acceptors (Lipinski definition) is 4. The Balaban J connectivity index is 0.00000208. The topological polar surface area (TPSA) is 32.3 Å². The largest absolute Gasteiger partial charge is 0.353 e. The van der Waals surface area contributed by atoms with Gasteiger partial charge in [0, 0.05) is 15.4 Å². The van der Waals surface area contributed by atoms with Crippen LogP contribution in [0.4, 0.5) is 11.4 Å². The molecule has 0 bridgehead atoms. The molecule has 0 radical (unpaired) electrons. The summed E-state index contributed by atoms with van der Waals surface area (Å²) in [4.78, 5) is 17.5. The fourth-order valence-electron chi connectivity index (χ4n) is 3.02. The lowest BCUT2D eigenvalue weighted by Crippen LogP contribution is -2.39. The number of hydrogen-bond donors (Lipinski definition) is 1. The number of para-hydroxylation sites is 2. The predicted octanol–water partition coefficient (Wildman–Crippen LogP) is 5.23. The first-order chi connectivity index (χ1) is 11.2. The number of fused-ring (bicyclic) bond motifs is 2. The number of halogens is 1. The average Bonchev–Trinajstić information content (AvgIpc) is 2.59. The summed E-state index contributed by atoms with van der Waals surface area (Å²) < 4.78 is 0. The number of Topliss-reactive ketones (excluding diaryl/α,β-unsaturated/α-hetero) is 1. The van der Waals surface area contributed by atoms with Gasteiger partial charge in [-0.3, -0.25) is 9.69 Å². The van der Waals surface area contributed by atoms with Crippen LogP contribution in [0.25, 0.3) is 0 Å². The summed E-state index contributed by atoms with van der Waals surface area (Å²) in [6.07, 6.45) is 0. The molecule has 1 N–H and O–H groups in total. The van der Waals surface area contributed by atoms with Gasteiger partial charge in [-0.05, 0) is 44.3 Å². The molecule has 0 saturated carbocycles. The monoisotopic (exact) mass is 362 g/mol. The molecule has 24 heavy (non-hydrogen) atoms. The Kier molecular flexibility index (Phi) is 6.33. The Hall–Kier alpha value is -1.49. The van der Waals surface area contributed by atoms with Crippen molar-refractivity contribution >= 4 is 41.3 Å². The van der Waals surface area contributed by atoms with E-state index in [-0.39, 0.29) is 24.2 Å². The molecule has 1 atom stereocenters. The zero-order valence-electron chi connectivity index (χ0n) is 14.2. The standard InChI is InChI=1S/C19H22N2OS.ClH/c1-4-21(5-2)13(3)19(22)14-9-8-12-17-18(14)20-15-10-6-7-11-16(15)23-17;/h6-13,20H,4-5H2,1-3H3;1H. The maximum Gasteiger partial charge on any atom is 0.181 e. The summed E-state index contributed by atoms with van der Waals surface area (Å²) in [7, 11) is 0. The summed E-state index contributed by atoms with van der Waals surface area (Å²) in [5, 5.41) is 3.46. The molecule has 0 saturated heterocycles. The van der Waals surface area contributed by atoms with Crippen LogP contribution in [0, 0.1) is 0 Å². The number of nitrogens with zero attached hydrogens (tertiary/aromatic N) is 1. The molecule has 2 aromatic rings. The minimum absolute atomic E-state index is 0. The predicted molar refractivity (Wildman–Crippen MR) is 104 cm³/mol. The minimum Gasteiger partial charge on any atom is -0.353 e. The van der Waals surface area contributed by atoms with Gasteiger partial charge in [-0.1, -0.05) is 43.8 Å². The number of ketones is 1. The molecular weight excluding hydrogens is 340 g/mol. The summed E-state index contributed by atoms with van der Waals surface area (Å²) in [6, 6.07) is 14.1. The highest BCUT2D eigenvalue weighted by atomic mass is 35.5. The van der Waals surface area contributed by atoms with Crippen molar-refractivity contribution in [2.24, 2.45) is 0 Å². The molecule has 0 aromatic heterocycles. The highest BCUT2D eigenvalue weighted by molar-refractivity contribution is 7.99. The third-order valence-electron chi connectivity index (χ3n) is 4.40. The van der Waals surface area contributed by atoms with Crippen molar-refractivity contribution in [2.45, 2.75) is 36.6 Å². The van der Waals surface area contributed by atoms with Gasteiger partial charge in [-0.2, -0.15) is 0 Å².